The Kier molecular flexibility index (Phi) is 5.50. The molecule has 0 unspecified atom stereocenters. The Hall–Kier alpha value is -2.64. The number of fused-ring (bicyclic) bond motifs is 1. The van der Waals surface area contributed by atoms with E-state index in [1.54, 1.807) is 11.3 Å². The number of ether oxygens (including phenoxy) is 3. The number of pyridine rings is 1. The number of hydrogen-bond acceptors (Lipinski definition) is 7. The smallest absolute Gasteiger partial charge is 0.231 e. The molecule has 27 heavy (non-hydrogen) atoms. The second-order valence-corrected chi connectivity index (χ2v) is 7.03. The molecule has 0 saturated heterocycles. The highest BCUT2D eigenvalue weighted by atomic mass is 32.1. The maximum absolute atomic E-state index is 5.50. The lowest BCUT2D eigenvalue weighted by molar-refractivity contribution is 0.174. The van der Waals surface area contributed by atoms with Crippen LogP contribution in [-0.2, 0) is 13.1 Å². The number of hydrogen-bond donors (Lipinski definition) is 1. The van der Waals surface area contributed by atoms with Crippen LogP contribution >= 0.6 is 11.3 Å². The lowest BCUT2D eigenvalue weighted by Gasteiger charge is -2.05. The fourth-order valence-corrected chi connectivity index (χ4v) is 3.51. The molecule has 2 aromatic heterocycles. The number of nitrogens with one attached hydrogen (secondary N) is 1. The molecule has 3 aromatic rings. The second kappa shape index (κ2) is 8.37. The third-order valence-corrected chi connectivity index (χ3v) is 5.00. The van der Waals surface area contributed by atoms with Gasteiger partial charge in [0.2, 0.25) is 12.7 Å². The van der Waals surface area contributed by atoms with Crippen molar-refractivity contribution in [2.24, 2.45) is 0 Å². The first-order valence-electron chi connectivity index (χ1n) is 8.94. The molecule has 0 radical (unpaired) electrons. The maximum atomic E-state index is 5.50. The average Bonchev–Trinajstić information content (AvgIpc) is 3.36. The quantitative estimate of drug-likeness (QED) is 0.634. The summed E-state index contributed by atoms with van der Waals surface area (Å²) in [5.41, 5.74) is 3.18. The van der Waals surface area contributed by atoms with Gasteiger partial charge in [-0.2, -0.15) is 0 Å². The van der Waals surface area contributed by atoms with E-state index >= 15 is 0 Å². The maximum Gasteiger partial charge on any atom is 0.231 e. The first kappa shape index (κ1) is 17.8. The van der Waals surface area contributed by atoms with Crippen LogP contribution in [0.15, 0.2) is 41.9 Å². The highest BCUT2D eigenvalue weighted by molar-refractivity contribution is 7.13. The Morgan fingerprint density at radius 1 is 1.15 bits per heavy atom. The highest BCUT2D eigenvalue weighted by Crippen LogP contribution is 2.36. The lowest BCUT2D eigenvalue weighted by atomic mass is 10.2. The molecule has 0 saturated carbocycles. The molecule has 140 valence electrons. The molecule has 0 spiro atoms. The first-order valence-corrected chi connectivity index (χ1v) is 9.82. The van der Waals surface area contributed by atoms with Gasteiger partial charge in [-0.25, -0.2) is 9.97 Å². The zero-order chi connectivity index (χ0) is 18.5. The molecule has 6 nitrogen and oxygen atoms in total. The SMILES string of the molecule is CCCOc1ccc(CNCc2csc(-c3ccc4c(c3)OCO4)n2)cn1. The zero-order valence-electron chi connectivity index (χ0n) is 15.1. The minimum absolute atomic E-state index is 0.284. The summed E-state index contributed by atoms with van der Waals surface area (Å²) in [6.45, 7) is 4.49. The highest BCUT2D eigenvalue weighted by Gasteiger charge is 2.15. The summed E-state index contributed by atoms with van der Waals surface area (Å²) < 4.78 is 16.3. The van der Waals surface area contributed by atoms with Crippen LogP contribution in [0.4, 0.5) is 0 Å². The molecule has 1 aliphatic rings. The van der Waals surface area contributed by atoms with Crippen LogP contribution in [0.1, 0.15) is 24.6 Å². The van der Waals surface area contributed by atoms with Gasteiger partial charge >= 0.3 is 0 Å². The van der Waals surface area contributed by atoms with E-state index in [1.165, 1.54) is 0 Å². The molecule has 1 aliphatic heterocycles. The first-order chi connectivity index (χ1) is 13.3. The molecule has 0 atom stereocenters. The van der Waals surface area contributed by atoms with Crippen LogP contribution in [0.3, 0.4) is 0 Å². The summed E-state index contributed by atoms with van der Waals surface area (Å²) in [5.74, 6) is 2.24. The van der Waals surface area contributed by atoms with Crippen molar-refractivity contribution < 1.29 is 14.2 Å². The van der Waals surface area contributed by atoms with Gasteiger partial charge in [0.1, 0.15) is 5.01 Å². The third-order valence-electron chi connectivity index (χ3n) is 4.06. The summed E-state index contributed by atoms with van der Waals surface area (Å²) in [6.07, 6.45) is 2.82. The molecular formula is C20H21N3O3S. The van der Waals surface area contributed by atoms with Crippen molar-refractivity contribution in [3.63, 3.8) is 0 Å². The number of benzene rings is 1. The van der Waals surface area contributed by atoms with Crippen molar-refractivity contribution >= 4 is 11.3 Å². The van der Waals surface area contributed by atoms with Crippen molar-refractivity contribution in [2.75, 3.05) is 13.4 Å². The van der Waals surface area contributed by atoms with Gasteiger partial charge in [0.25, 0.3) is 0 Å². The van der Waals surface area contributed by atoms with Gasteiger partial charge in [-0.15, -0.1) is 11.3 Å². The van der Waals surface area contributed by atoms with E-state index in [1.807, 2.05) is 36.5 Å². The molecule has 0 bridgehead atoms. The fourth-order valence-electron chi connectivity index (χ4n) is 2.69. The van der Waals surface area contributed by atoms with E-state index in [-0.39, 0.29) is 6.79 Å². The molecule has 0 amide bonds. The number of nitrogens with zero attached hydrogens (tertiary/aromatic N) is 2. The molecule has 0 aliphatic carbocycles. The molecule has 1 aromatic carbocycles. The van der Waals surface area contributed by atoms with Crippen LogP contribution in [-0.4, -0.2) is 23.4 Å². The van der Waals surface area contributed by atoms with Crippen LogP contribution < -0.4 is 19.5 Å². The van der Waals surface area contributed by atoms with Gasteiger partial charge in [0, 0.05) is 36.3 Å². The molecular weight excluding hydrogens is 362 g/mol. The number of thiazole rings is 1. The fraction of sp³-hybridized carbons (Fsp3) is 0.300. The van der Waals surface area contributed by atoms with E-state index < -0.39 is 0 Å². The Morgan fingerprint density at radius 3 is 2.93 bits per heavy atom. The van der Waals surface area contributed by atoms with Crippen molar-refractivity contribution in [3.05, 3.63) is 53.2 Å². The lowest BCUT2D eigenvalue weighted by Crippen LogP contribution is -2.13. The van der Waals surface area contributed by atoms with Gasteiger partial charge in [-0.3, -0.25) is 0 Å². The Balaban J connectivity index is 1.31. The van der Waals surface area contributed by atoms with Gasteiger partial charge < -0.3 is 19.5 Å². The molecule has 4 rings (SSSR count). The molecule has 0 fully saturated rings. The predicted molar refractivity (Wildman–Crippen MR) is 104 cm³/mol. The molecule has 7 heteroatoms. The summed E-state index contributed by atoms with van der Waals surface area (Å²) >= 11 is 1.63. The van der Waals surface area contributed by atoms with Crippen molar-refractivity contribution in [1.82, 2.24) is 15.3 Å². The minimum atomic E-state index is 0.284. The topological polar surface area (TPSA) is 65.5 Å². The van der Waals surface area contributed by atoms with Crippen LogP contribution in [0, 0.1) is 0 Å². The van der Waals surface area contributed by atoms with Gasteiger partial charge in [0.15, 0.2) is 11.5 Å². The standard InChI is InChI=1S/C20H21N3O3S/c1-2-7-24-19-6-3-14(10-22-19)9-21-11-16-12-27-20(23-16)15-4-5-17-18(8-15)26-13-25-17/h3-6,8,10,12,21H,2,7,9,11,13H2,1H3. The van der Waals surface area contributed by atoms with Crippen LogP contribution in [0.25, 0.3) is 10.6 Å². The largest absolute Gasteiger partial charge is 0.478 e. The number of aromatic nitrogens is 2. The second-order valence-electron chi connectivity index (χ2n) is 6.17. The van der Waals surface area contributed by atoms with E-state index in [0.717, 1.165) is 46.3 Å². The zero-order valence-corrected chi connectivity index (χ0v) is 15.9. The monoisotopic (exact) mass is 383 g/mol. The van der Waals surface area contributed by atoms with E-state index in [4.69, 9.17) is 19.2 Å². The normalized spacial score (nSPS) is 12.3. The van der Waals surface area contributed by atoms with Gasteiger partial charge in [0.05, 0.1) is 12.3 Å². The van der Waals surface area contributed by atoms with Gasteiger partial charge in [-0.1, -0.05) is 13.0 Å². The summed E-state index contributed by atoms with van der Waals surface area (Å²) in [6, 6.07) is 9.86. The van der Waals surface area contributed by atoms with Crippen molar-refractivity contribution in [2.45, 2.75) is 26.4 Å². The minimum Gasteiger partial charge on any atom is -0.478 e. The van der Waals surface area contributed by atoms with Crippen LogP contribution in [0.2, 0.25) is 0 Å². The Labute approximate surface area is 162 Å². The summed E-state index contributed by atoms with van der Waals surface area (Å²) in [4.78, 5) is 9.03. The average molecular weight is 383 g/mol. The summed E-state index contributed by atoms with van der Waals surface area (Å²) in [5, 5.41) is 6.46. The molecule has 3 heterocycles. The Bertz CT molecular complexity index is 896. The third kappa shape index (κ3) is 4.37. The van der Waals surface area contributed by atoms with E-state index in [0.29, 0.717) is 19.0 Å². The van der Waals surface area contributed by atoms with Gasteiger partial charge in [-0.05, 0) is 30.2 Å². The Morgan fingerprint density at radius 2 is 2.07 bits per heavy atom. The van der Waals surface area contributed by atoms with E-state index in [2.05, 4.69) is 22.6 Å². The molecule has 1 N–H and O–H groups in total. The predicted octanol–water partition coefficient (Wildman–Crippen LogP) is 4.01. The number of rotatable bonds is 8. The van der Waals surface area contributed by atoms with Crippen molar-refractivity contribution in [1.29, 1.82) is 0 Å². The van der Waals surface area contributed by atoms with Crippen LogP contribution in [0.5, 0.6) is 17.4 Å². The summed E-state index contributed by atoms with van der Waals surface area (Å²) in [7, 11) is 0. The van der Waals surface area contributed by atoms with E-state index in [9.17, 15) is 0 Å². The van der Waals surface area contributed by atoms with Crippen molar-refractivity contribution in [3.8, 4) is 28.0 Å².